The van der Waals surface area contributed by atoms with Gasteiger partial charge in [0.25, 0.3) is 0 Å². The van der Waals surface area contributed by atoms with E-state index in [0.717, 1.165) is 44.8 Å². The predicted molar refractivity (Wildman–Crippen MR) is 90.0 cm³/mol. The number of nitrogens with zero attached hydrogens (tertiary/aromatic N) is 1. The first-order valence-corrected chi connectivity index (χ1v) is 8.26. The molecule has 1 unspecified atom stereocenters. The lowest BCUT2D eigenvalue weighted by molar-refractivity contribution is -0.139. The Morgan fingerprint density at radius 1 is 1.21 bits per heavy atom. The zero-order valence-electron chi connectivity index (χ0n) is 13.7. The van der Waals surface area contributed by atoms with E-state index in [1.54, 1.807) is 0 Å². The highest BCUT2D eigenvalue weighted by atomic mass is 16.5. The molecule has 0 saturated carbocycles. The number of carboxylic acid groups (broad SMARTS) is 1. The Labute approximate surface area is 142 Å². The molecule has 1 aromatic carbocycles. The van der Waals surface area contributed by atoms with Crippen LogP contribution in [-0.2, 0) is 16.0 Å². The Balaban J connectivity index is 1.67. The Morgan fingerprint density at radius 2 is 1.92 bits per heavy atom. The molecule has 1 aliphatic heterocycles. The van der Waals surface area contributed by atoms with Crippen molar-refractivity contribution in [3.63, 3.8) is 0 Å². The quantitative estimate of drug-likeness (QED) is 0.609. The molecule has 0 spiro atoms. The lowest BCUT2D eigenvalue weighted by atomic mass is 10.1. The molecule has 24 heavy (non-hydrogen) atoms. The molecule has 1 saturated heterocycles. The highest BCUT2D eigenvalue weighted by molar-refractivity contribution is 5.82. The number of carboxylic acids is 1. The molecule has 7 nitrogen and oxygen atoms in total. The third-order valence-electron chi connectivity index (χ3n) is 3.93. The number of urea groups is 1. The van der Waals surface area contributed by atoms with Crippen molar-refractivity contribution in [2.45, 2.75) is 18.9 Å². The van der Waals surface area contributed by atoms with Gasteiger partial charge >= 0.3 is 12.0 Å². The van der Waals surface area contributed by atoms with Crippen LogP contribution in [0.5, 0.6) is 0 Å². The minimum atomic E-state index is -1.04. The van der Waals surface area contributed by atoms with Crippen molar-refractivity contribution in [1.82, 2.24) is 15.5 Å². The second-order valence-electron chi connectivity index (χ2n) is 5.79. The van der Waals surface area contributed by atoms with Crippen LogP contribution in [-0.4, -0.2) is 67.4 Å². The summed E-state index contributed by atoms with van der Waals surface area (Å²) in [6, 6.07) is 7.87. The minimum absolute atomic E-state index is 0.261. The van der Waals surface area contributed by atoms with E-state index < -0.39 is 18.0 Å². The Hall–Kier alpha value is -2.12. The van der Waals surface area contributed by atoms with Gasteiger partial charge in [-0.2, -0.15) is 0 Å². The lowest BCUT2D eigenvalue weighted by Gasteiger charge is -2.26. The highest BCUT2D eigenvalue weighted by Gasteiger charge is 2.20. The third kappa shape index (κ3) is 6.55. The molecule has 0 aromatic heterocycles. The molecule has 0 aliphatic carbocycles. The molecule has 2 amide bonds. The van der Waals surface area contributed by atoms with Crippen molar-refractivity contribution in [2.75, 3.05) is 39.4 Å². The van der Waals surface area contributed by atoms with Gasteiger partial charge < -0.3 is 20.5 Å². The number of morpholine rings is 1. The summed E-state index contributed by atoms with van der Waals surface area (Å²) >= 11 is 0. The van der Waals surface area contributed by atoms with Gasteiger partial charge in [0.15, 0.2) is 0 Å². The van der Waals surface area contributed by atoms with Crippen LogP contribution in [0.2, 0.25) is 0 Å². The maximum absolute atomic E-state index is 11.9. The largest absolute Gasteiger partial charge is 0.480 e. The fourth-order valence-electron chi connectivity index (χ4n) is 2.59. The van der Waals surface area contributed by atoms with E-state index >= 15 is 0 Å². The van der Waals surface area contributed by atoms with Gasteiger partial charge in [-0.3, -0.25) is 4.90 Å². The molecule has 2 rings (SSSR count). The van der Waals surface area contributed by atoms with Crippen LogP contribution < -0.4 is 10.6 Å². The van der Waals surface area contributed by atoms with Crippen molar-refractivity contribution in [3.05, 3.63) is 35.9 Å². The SMILES string of the molecule is O=C(NCCCN1CCOCC1)NC(Cc1ccccc1)C(=O)O. The van der Waals surface area contributed by atoms with E-state index in [1.165, 1.54) is 0 Å². The Kier molecular flexibility index (Phi) is 7.51. The zero-order chi connectivity index (χ0) is 17.2. The summed E-state index contributed by atoms with van der Waals surface area (Å²) in [4.78, 5) is 25.5. The summed E-state index contributed by atoms with van der Waals surface area (Å²) in [7, 11) is 0. The molecule has 0 bridgehead atoms. The van der Waals surface area contributed by atoms with Gasteiger partial charge in [-0.05, 0) is 18.5 Å². The van der Waals surface area contributed by atoms with Crippen molar-refractivity contribution < 1.29 is 19.4 Å². The van der Waals surface area contributed by atoms with Crippen LogP contribution in [0.25, 0.3) is 0 Å². The van der Waals surface area contributed by atoms with Crippen molar-refractivity contribution in [1.29, 1.82) is 0 Å². The van der Waals surface area contributed by atoms with Gasteiger partial charge in [0.2, 0.25) is 0 Å². The molecule has 7 heteroatoms. The van der Waals surface area contributed by atoms with Crippen LogP contribution in [0.4, 0.5) is 4.79 Å². The molecular formula is C17H25N3O4. The van der Waals surface area contributed by atoms with Crippen LogP contribution in [0.1, 0.15) is 12.0 Å². The second kappa shape index (κ2) is 9.89. The number of ether oxygens (including phenoxy) is 1. The fourth-order valence-corrected chi connectivity index (χ4v) is 2.59. The number of benzene rings is 1. The standard InChI is InChI=1S/C17H25N3O4/c21-16(22)15(13-14-5-2-1-3-6-14)19-17(23)18-7-4-8-20-9-11-24-12-10-20/h1-3,5-6,15H,4,7-13H2,(H,21,22)(H2,18,19,23). The van der Waals surface area contributed by atoms with Gasteiger partial charge in [0, 0.05) is 26.1 Å². The average molecular weight is 335 g/mol. The minimum Gasteiger partial charge on any atom is -0.480 e. The zero-order valence-corrected chi connectivity index (χ0v) is 13.7. The summed E-state index contributed by atoms with van der Waals surface area (Å²) in [5.41, 5.74) is 0.873. The summed E-state index contributed by atoms with van der Waals surface area (Å²) in [5, 5.41) is 14.5. The number of aliphatic carboxylic acids is 1. The molecule has 1 heterocycles. The Bertz CT molecular complexity index is 518. The molecule has 3 N–H and O–H groups in total. The molecule has 1 fully saturated rings. The van der Waals surface area contributed by atoms with Gasteiger partial charge in [-0.15, -0.1) is 0 Å². The number of carbonyl (C=O) groups is 2. The number of amides is 2. The Morgan fingerprint density at radius 3 is 2.58 bits per heavy atom. The summed E-state index contributed by atoms with van der Waals surface area (Å²) in [5.74, 6) is -1.04. The summed E-state index contributed by atoms with van der Waals surface area (Å²) < 4.78 is 5.28. The average Bonchev–Trinajstić information content (AvgIpc) is 2.60. The number of hydrogen-bond donors (Lipinski definition) is 3. The monoisotopic (exact) mass is 335 g/mol. The van der Waals surface area contributed by atoms with Crippen LogP contribution in [0.3, 0.4) is 0 Å². The molecule has 1 aliphatic rings. The first kappa shape index (κ1) is 18.2. The lowest BCUT2D eigenvalue weighted by Crippen LogP contribution is -2.47. The van der Waals surface area contributed by atoms with E-state index in [4.69, 9.17) is 4.74 Å². The normalized spacial score (nSPS) is 16.3. The van der Waals surface area contributed by atoms with Crippen LogP contribution in [0.15, 0.2) is 30.3 Å². The molecule has 1 aromatic rings. The third-order valence-corrected chi connectivity index (χ3v) is 3.93. The predicted octanol–water partition coefficient (Wildman–Crippen LogP) is 0.704. The maximum Gasteiger partial charge on any atom is 0.326 e. The van der Waals surface area contributed by atoms with E-state index in [1.807, 2.05) is 30.3 Å². The number of nitrogens with one attached hydrogen (secondary N) is 2. The molecule has 1 atom stereocenters. The van der Waals surface area contributed by atoms with Crippen molar-refractivity contribution in [3.8, 4) is 0 Å². The first-order chi connectivity index (χ1) is 11.6. The van der Waals surface area contributed by atoms with Gasteiger partial charge in [0.05, 0.1) is 13.2 Å². The van der Waals surface area contributed by atoms with Crippen LogP contribution in [0, 0.1) is 0 Å². The molecular weight excluding hydrogens is 310 g/mol. The van der Waals surface area contributed by atoms with E-state index in [-0.39, 0.29) is 6.42 Å². The maximum atomic E-state index is 11.9. The van der Waals surface area contributed by atoms with E-state index in [0.29, 0.717) is 6.54 Å². The number of carbonyl (C=O) groups excluding carboxylic acids is 1. The van der Waals surface area contributed by atoms with Crippen LogP contribution >= 0.6 is 0 Å². The van der Waals surface area contributed by atoms with E-state index in [9.17, 15) is 14.7 Å². The molecule has 132 valence electrons. The number of hydrogen-bond acceptors (Lipinski definition) is 4. The van der Waals surface area contributed by atoms with Gasteiger partial charge in [-0.1, -0.05) is 30.3 Å². The summed E-state index contributed by atoms with van der Waals surface area (Å²) in [6.07, 6.45) is 1.08. The fraction of sp³-hybridized carbons (Fsp3) is 0.529. The molecule has 0 radical (unpaired) electrons. The van der Waals surface area contributed by atoms with Crippen molar-refractivity contribution >= 4 is 12.0 Å². The topological polar surface area (TPSA) is 90.9 Å². The number of rotatable bonds is 8. The smallest absolute Gasteiger partial charge is 0.326 e. The second-order valence-corrected chi connectivity index (χ2v) is 5.79. The van der Waals surface area contributed by atoms with Gasteiger partial charge in [0.1, 0.15) is 6.04 Å². The van der Waals surface area contributed by atoms with Gasteiger partial charge in [-0.25, -0.2) is 9.59 Å². The van der Waals surface area contributed by atoms with Crippen molar-refractivity contribution in [2.24, 2.45) is 0 Å². The highest BCUT2D eigenvalue weighted by Crippen LogP contribution is 2.03. The first-order valence-electron chi connectivity index (χ1n) is 8.26. The van der Waals surface area contributed by atoms with E-state index in [2.05, 4.69) is 15.5 Å². The summed E-state index contributed by atoms with van der Waals surface area (Å²) in [6.45, 7) is 4.77.